The lowest BCUT2D eigenvalue weighted by atomic mass is 10.0. The Morgan fingerprint density at radius 1 is 1.07 bits per heavy atom. The first-order chi connectivity index (χ1) is 14.6. The van der Waals surface area contributed by atoms with Crippen LogP contribution in [0.4, 0.5) is 0 Å². The molecule has 0 saturated carbocycles. The molecule has 0 radical (unpaired) electrons. The standard InChI is InChI=1S/C26H32BrN2O/c1-4-30-23-13-14-24(21(17-23)16-19(2)3)29-18-25(20-9-11-22(27)12-10-20)28-15-7-5-6-8-26(28)29/h9-14,17-19H,4-8,15-16H2,1-3H3/q+1. The van der Waals surface area contributed by atoms with E-state index in [1.165, 1.54) is 47.6 Å². The van der Waals surface area contributed by atoms with E-state index in [0.29, 0.717) is 12.5 Å². The van der Waals surface area contributed by atoms with E-state index in [9.17, 15) is 0 Å². The Balaban J connectivity index is 1.87. The van der Waals surface area contributed by atoms with Crippen LogP contribution in [0.1, 0.15) is 51.4 Å². The lowest BCUT2D eigenvalue weighted by Crippen LogP contribution is -2.35. The molecule has 4 heteroatoms. The maximum Gasteiger partial charge on any atom is 0.262 e. The van der Waals surface area contributed by atoms with E-state index in [4.69, 9.17) is 4.74 Å². The van der Waals surface area contributed by atoms with Gasteiger partial charge in [-0.05, 0) is 81.0 Å². The van der Waals surface area contributed by atoms with Crippen LogP contribution in [0.15, 0.2) is 53.1 Å². The third kappa shape index (κ3) is 4.49. The minimum Gasteiger partial charge on any atom is -0.494 e. The smallest absolute Gasteiger partial charge is 0.262 e. The van der Waals surface area contributed by atoms with Crippen LogP contribution in [0.2, 0.25) is 0 Å². The maximum absolute atomic E-state index is 5.82. The number of benzene rings is 2. The van der Waals surface area contributed by atoms with Gasteiger partial charge in [-0.1, -0.05) is 29.8 Å². The van der Waals surface area contributed by atoms with Gasteiger partial charge in [0.2, 0.25) is 0 Å². The SMILES string of the molecule is CCOc1ccc(-[n+]2cc(-c3ccc(Br)cc3)n3c2CCCCC3)c(CC(C)C)c1. The third-order valence-electron chi connectivity index (χ3n) is 5.80. The van der Waals surface area contributed by atoms with Gasteiger partial charge in [-0.15, -0.1) is 0 Å². The first-order valence-corrected chi connectivity index (χ1v) is 12.0. The van der Waals surface area contributed by atoms with Gasteiger partial charge in [-0.2, -0.15) is 4.57 Å². The number of fused-ring (bicyclic) bond motifs is 1. The van der Waals surface area contributed by atoms with Crippen LogP contribution in [0.5, 0.6) is 5.75 Å². The molecule has 0 bridgehead atoms. The highest BCUT2D eigenvalue weighted by Gasteiger charge is 2.28. The number of halogens is 1. The Bertz CT molecular complexity index is 1000. The quantitative estimate of drug-likeness (QED) is 0.377. The molecule has 1 aliphatic rings. The van der Waals surface area contributed by atoms with Crippen molar-refractivity contribution >= 4 is 15.9 Å². The Morgan fingerprint density at radius 3 is 2.60 bits per heavy atom. The lowest BCUT2D eigenvalue weighted by molar-refractivity contribution is -0.604. The summed E-state index contributed by atoms with van der Waals surface area (Å²) in [5, 5.41) is 0. The lowest BCUT2D eigenvalue weighted by Gasteiger charge is -2.13. The second kappa shape index (κ2) is 9.38. The molecule has 1 aliphatic heterocycles. The first kappa shape index (κ1) is 21.2. The molecule has 0 saturated heterocycles. The van der Waals surface area contributed by atoms with Gasteiger partial charge >= 0.3 is 0 Å². The van der Waals surface area contributed by atoms with E-state index in [1.54, 1.807) is 0 Å². The molecule has 30 heavy (non-hydrogen) atoms. The van der Waals surface area contributed by atoms with E-state index >= 15 is 0 Å². The number of aromatic nitrogens is 2. The van der Waals surface area contributed by atoms with E-state index in [1.807, 2.05) is 6.92 Å². The molecule has 0 aliphatic carbocycles. The number of hydrogen-bond acceptors (Lipinski definition) is 1. The zero-order valence-corrected chi connectivity index (χ0v) is 19.9. The molecular formula is C26H32BrN2O+. The van der Waals surface area contributed by atoms with Gasteiger partial charge in [0.25, 0.3) is 5.82 Å². The van der Waals surface area contributed by atoms with E-state index in [2.05, 4.69) is 87.6 Å². The van der Waals surface area contributed by atoms with Crippen LogP contribution in [0, 0.1) is 5.92 Å². The molecule has 0 fully saturated rings. The summed E-state index contributed by atoms with van der Waals surface area (Å²) in [6.45, 7) is 8.40. The van der Waals surface area contributed by atoms with Crippen LogP contribution in [-0.4, -0.2) is 11.2 Å². The fourth-order valence-corrected chi connectivity index (χ4v) is 4.75. The van der Waals surface area contributed by atoms with Crippen molar-refractivity contribution in [2.75, 3.05) is 6.61 Å². The molecular weight excluding hydrogens is 436 g/mol. The van der Waals surface area contributed by atoms with E-state index in [-0.39, 0.29) is 0 Å². The van der Waals surface area contributed by atoms with Gasteiger partial charge in [-0.25, -0.2) is 4.57 Å². The van der Waals surface area contributed by atoms with Crippen LogP contribution >= 0.6 is 15.9 Å². The predicted octanol–water partition coefficient (Wildman–Crippen LogP) is 6.52. The Kier molecular flexibility index (Phi) is 6.62. The molecule has 0 N–H and O–H groups in total. The highest BCUT2D eigenvalue weighted by Crippen LogP contribution is 2.28. The molecule has 4 rings (SSSR count). The summed E-state index contributed by atoms with van der Waals surface area (Å²) in [5.74, 6) is 2.98. The molecule has 0 spiro atoms. The van der Waals surface area contributed by atoms with E-state index < -0.39 is 0 Å². The highest BCUT2D eigenvalue weighted by atomic mass is 79.9. The molecule has 2 heterocycles. The van der Waals surface area contributed by atoms with Gasteiger partial charge < -0.3 is 4.74 Å². The van der Waals surface area contributed by atoms with E-state index in [0.717, 1.165) is 29.6 Å². The number of hydrogen-bond donors (Lipinski definition) is 0. The molecule has 0 amide bonds. The highest BCUT2D eigenvalue weighted by molar-refractivity contribution is 9.10. The van der Waals surface area contributed by atoms with Gasteiger partial charge in [0, 0.05) is 22.0 Å². The zero-order chi connectivity index (χ0) is 21.1. The summed E-state index contributed by atoms with van der Waals surface area (Å²) in [6, 6.07) is 15.3. The van der Waals surface area contributed by atoms with Crippen LogP contribution in [-0.2, 0) is 19.4 Å². The van der Waals surface area contributed by atoms with Crippen molar-refractivity contribution < 1.29 is 9.30 Å². The summed E-state index contributed by atoms with van der Waals surface area (Å²) in [5.41, 5.74) is 5.24. The van der Waals surface area contributed by atoms with Crippen LogP contribution in [0.3, 0.4) is 0 Å². The van der Waals surface area contributed by atoms with Gasteiger partial charge in [-0.3, -0.25) is 0 Å². The summed E-state index contributed by atoms with van der Waals surface area (Å²) in [6.07, 6.45) is 8.30. The average Bonchev–Trinajstić information content (AvgIpc) is 2.90. The fourth-order valence-electron chi connectivity index (χ4n) is 4.49. The molecule has 1 aromatic heterocycles. The topological polar surface area (TPSA) is 18.0 Å². The van der Waals surface area contributed by atoms with Crippen molar-refractivity contribution in [2.24, 2.45) is 5.92 Å². The largest absolute Gasteiger partial charge is 0.494 e. The van der Waals surface area contributed by atoms with Crippen molar-refractivity contribution in [3.05, 3.63) is 64.5 Å². The summed E-state index contributed by atoms with van der Waals surface area (Å²) >= 11 is 3.58. The Hall–Kier alpha value is -2.07. The van der Waals surface area contributed by atoms with Crippen LogP contribution in [0.25, 0.3) is 16.9 Å². The minimum atomic E-state index is 0.591. The number of rotatable bonds is 6. The fraction of sp³-hybridized carbons (Fsp3) is 0.423. The third-order valence-corrected chi connectivity index (χ3v) is 6.33. The zero-order valence-electron chi connectivity index (χ0n) is 18.3. The molecule has 3 aromatic rings. The van der Waals surface area contributed by atoms with Crippen molar-refractivity contribution in [1.82, 2.24) is 4.57 Å². The monoisotopic (exact) mass is 467 g/mol. The summed E-state index contributed by atoms with van der Waals surface area (Å²) in [7, 11) is 0. The van der Waals surface area contributed by atoms with Crippen molar-refractivity contribution in [3.8, 4) is 22.7 Å². The average molecular weight is 468 g/mol. The normalized spacial score (nSPS) is 13.9. The maximum atomic E-state index is 5.82. The number of ether oxygens (including phenoxy) is 1. The van der Waals surface area contributed by atoms with Crippen LogP contribution < -0.4 is 9.30 Å². The van der Waals surface area contributed by atoms with Crippen molar-refractivity contribution in [2.45, 2.75) is 59.4 Å². The van der Waals surface area contributed by atoms with Gasteiger partial charge in [0.1, 0.15) is 17.6 Å². The van der Waals surface area contributed by atoms with Crippen molar-refractivity contribution in [3.63, 3.8) is 0 Å². The first-order valence-electron chi connectivity index (χ1n) is 11.2. The Morgan fingerprint density at radius 2 is 1.87 bits per heavy atom. The molecule has 0 atom stereocenters. The number of nitrogens with zero attached hydrogens (tertiary/aromatic N) is 2. The summed E-state index contributed by atoms with van der Waals surface area (Å²) in [4.78, 5) is 0. The summed E-state index contributed by atoms with van der Waals surface area (Å²) < 4.78 is 11.9. The molecule has 158 valence electrons. The second-order valence-electron chi connectivity index (χ2n) is 8.59. The molecule has 0 unspecified atom stereocenters. The predicted molar refractivity (Wildman–Crippen MR) is 126 cm³/mol. The number of imidazole rings is 1. The van der Waals surface area contributed by atoms with Gasteiger partial charge in [0.05, 0.1) is 13.2 Å². The molecule has 3 nitrogen and oxygen atoms in total. The Labute approximate surface area is 188 Å². The second-order valence-corrected chi connectivity index (χ2v) is 9.51. The van der Waals surface area contributed by atoms with Crippen molar-refractivity contribution in [1.29, 1.82) is 0 Å². The minimum absolute atomic E-state index is 0.591. The van der Waals surface area contributed by atoms with Gasteiger partial charge in [0.15, 0.2) is 5.69 Å². The molecule has 2 aromatic carbocycles.